The van der Waals surface area contributed by atoms with Crippen molar-refractivity contribution >= 4 is 39.8 Å². The summed E-state index contributed by atoms with van der Waals surface area (Å²) in [5.74, 6) is 0.886. The Labute approximate surface area is 149 Å². The second kappa shape index (κ2) is 8.34. The molecule has 1 aliphatic heterocycles. The van der Waals surface area contributed by atoms with Crippen molar-refractivity contribution in [1.29, 1.82) is 0 Å². The average molecular weight is 364 g/mol. The number of para-hydroxylation sites is 2. The van der Waals surface area contributed by atoms with Crippen molar-refractivity contribution in [1.82, 2.24) is 15.5 Å². The largest absolute Gasteiger partial charge is 0.492 e. The summed E-state index contributed by atoms with van der Waals surface area (Å²) in [4.78, 5) is 12.0. The van der Waals surface area contributed by atoms with Gasteiger partial charge in [0.2, 0.25) is 11.0 Å². The van der Waals surface area contributed by atoms with Crippen LogP contribution >= 0.6 is 23.1 Å². The third-order valence-electron chi connectivity index (χ3n) is 3.56. The summed E-state index contributed by atoms with van der Waals surface area (Å²) in [5, 5.41) is 15.2. The van der Waals surface area contributed by atoms with Crippen molar-refractivity contribution in [2.45, 2.75) is 35.8 Å². The average Bonchev–Trinajstić information content (AvgIpc) is 2.92. The first-order valence-corrected chi connectivity index (χ1v) is 9.72. The minimum atomic E-state index is -0.0796. The van der Waals surface area contributed by atoms with Crippen LogP contribution in [-0.4, -0.2) is 34.5 Å². The zero-order valence-corrected chi connectivity index (χ0v) is 15.1. The highest BCUT2D eigenvalue weighted by molar-refractivity contribution is 8.02. The smallest absolute Gasteiger partial charge is 0.233 e. The Morgan fingerprint density at radius 3 is 3.12 bits per heavy atom. The standard InChI is InChI=1S/C16H20N4O2S2/c1-2-22-12-8-4-3-7-11(12)18-15-19-20-16(24-15)23-13-9-5-6-10-17-14(13)21/h3-4,7-8,13H,2,5-6,9-10H2,1H3,(H,17,21)(H,18,19)/t13-/m0/s1. The molecular formula is C16H20N4O2S2. The van der Waals surface area contributed by atoms with E-state index in [9.17, 15) is 4.79 Å². The molecule has 1 atom stereocenters. The molecule has 1 aromatic carbocycles. The maximum Gasteiger partial charge on any atom is 0.233 e. The molecule has 24 heavy (non-hydrogen) atoms. The molecule has 0 radical (unpaired) electrons. The molecule has 1 aliphatic rings. The van der Waals surface area contributed by atoms with Crippen LogP contribution < -0.4 is 15.4 Å². The van der Waals surface area contributed by atoms with Gasteiger partial charge in [-0.25, -0.2) is 0 Å². The van der Waals surface area contributed by atoms with E-state index >= 15 is 0 Å². The summed E-state index contributed by atoms with van der Waals surface area (Å²) >= 11 is 2.94. The molecule has 0 aliphatic carbocycles. The van der Waals surface area contributed by atoms with Gasteiger partial charge in [0.15, 0.2) is 4.34 Å². The van der Waals surface area contributed by atoms with Gasteiger partial charge in [-0.1, -0.05) is 41.7 Å². The summed E-state index contributed by atoms with van der Waals surface area (Å²) in [5.41, 5.74) is 0.860. The van der Waals surface area contributed by atoms with Gasteiger partial charge in [0.25, 0.3) is 0 Å². The summed E-state index contributed by atoms with van der Waals surface area (Å²) in [6.45, 7) is 3.33. The van der Waals surface area contributed by atoms with Crippen molar-refractivity contribution in [3.8, 4) is 5.75 Å². The van der Waals surface area contributed by atoms with E-state index in [0.29, 0.717) is 11.7 Å². The number of rotatable bonds is 6. The van der Waals surface area contributed by atoms with Crippen LogP contribution in [0, 0.1) is 0 Å². The van der Waals surface area contributed by atoms with Gasteiger partial charge in [0.05, 0.1) is 17.5 Å². The lowest BCUT2D eigenvalue weighted by atomic mass is 10.2. The highest BCUT2D eigenvalue weighted by Gasteiger charge is 2.23. The quantitative estimate of drug-likeness (QED) is 0.818. The Balaban J connectivity index is 1.66. The van der Waals surface area contributed by atoms with E-state index in [1.54, 1.807) is 0 Å². The van der Waals surface area contributed by atoms with Crippen molar-refractivity contribution < 1.29 is 9.53 Å². The molecule has 3 rings (SSSR count). The van der Waals surface area contributed by atoms with Crippen molar-refractivity contribution in [3.63, 3.8) is 0 Å². The van der Waals surface area contributed by atoms with Gasteiger partial charge in [0.1, 0.15) is 5.75 Å². The Kier molecular flexibility index (Phi) is 5.92. The summed E-state index contributed by atoms with van der Waals surface area (Å²) < 4.78 is 6.40. The monoisotopic (exact) mass is 364 g/mol. The van der Waals surface area contributed by atoms with Gasteiger partial charge in [-0.15, -0.1) is 10.2 Å². The highest BCUT2D eigenvalue weighted by atomic mass is 32.2. The molecule has 0 saturated carbocycles. The van der Waals surface area contributed by atoms with Crippen LogP contribution in [-0.2, 0) is 4.79 Å². The first-order chi connectivity index (χ1) is 11.8. The molecule has 0 bridgehead atoms. The maximum atomic E-state index is 12.0. The number of hydrogen-bond donors (Lipinski definition) is 2. The SMILES string of the molecule is CCOc1ccccc1Nc1nnc(S[C@H]2CCCCNC2=O)s1. The van der Waals surface area contributed by atoms with Crippen molar-refractivity contribution in [2.24, 2.45) is 0 Å². The molecule has 2 N–H and O–H groups in total. The predicted molar refractivity (Wildman–Crippen MR) is 97.3 cm³/mol. The van der Waals surface area contributed by atoms with Gasteiger partial charge in [-0.2, -0.15) is 0 Å². The van der Waals surface area contributed by atoms with E-state index in [0.717, 1.165) is 41.6 Å². The number of ether oxygens (including phenoxy) is 1. The fourth-order valence-electron chi connectivity index (χ4n) is 2.42. The second-order valence-corrected chi connectivity index (χ2v) is 7.75. The highest BCUT2D eigenvalue weighted by Crippen LogP contribution is 2.34. The zero-order chi connectivity index (χ0) is 16.8. The molecule has 0 unspecified atom stereocenters. The lowest BCUT2D eigenvalue weighted by Gasteiger charge is -2.10. The maximum absolute atomic E-state index is 12.0. The number of carbonyl (C=O) groups is 1. The molecule has 6 nitrogen and oxygen atoms in total. The van der Waals surface area contributed by atoms with Crippen LogP contribution in [0.2, 0.25) is 0 Å². The number of carbonyl (C=O) groups excluding carboxylic acids is 1. The molecule has 0 spiro atoms. The Morgan fingerprint density at radius 1 is 1.38 bits per heavy atom. The molecule has 2 heterocycles. The van der Waals surface area contributed by atoms with Crippen LogP contribution in [0.15, 0.2) is 28.6 Å². The van der Waals surface area contributed by atoms with Gasteiger partial charge in [-0.05, 0) is 31.9 Å². The summed E-state index contributed by atoms with van der Waals surface area (Å²) in [7, 11) is 0. The number of nitrogens with one attached hydrogen (secondary N) is 2. The van der Waals surface area contributed by atoms with Crippen LogP contribution in [0.4, 0.5) is 10.8 Å². The Bertz CT molecular complexity index is 692. The van der Waals surface area contributed by atoms with Crippen molar-refractivity contribution in [2.75, 3.05) is 18.5 Å². The number of thioether (sulfide) groups is 1. The Hall–Kier alpha value is -1.80. The third-order valence-corrected chi connectivity index (χ3v) is 5.75. The van der Waals surface area contributed by atoms with Crippen LogP contribution in [0.1, 0.15) is 26.2 Å². The van der Waals surface area contributed by atoms with Crippen LogP contribution in [0.3, 0.4) is 0 Å². The van der Waals surface area contributed by atoms with E-state index < -0.39 is 0 Å². The molecule has 1 amide bonds. The van der Waals surface area contributed by atoms with Gasteiger partial charge < -0.3 is 15.4 Å². The lowest BCUT2D eigenvalue weighted by Crippen LogP contribution is -2.30. The molecule has 128 valence electrons. The molecule has 8 heteroatoms. The minimum absolute atomic E-state index is 0.0796. The minimum Gasteiger partial charge on any atom is -0.492 e. The number of anilines is 2. The van der Waals surface area contributed by atoms with Gasteiger partial charge in [0, 0.05) is 6.54 Å². The van der Waals surface area contributed by atoms with Crippen molar-refractivity contribution in [3.05, 3.63) is 24.3 Å². The summed E-state index contributed by atoms with van der Waals surface area (Å²) in [6.07, 6.45) is 2.98. The molecule has 1 aromatic heterocycles. The topological polar surface area (TPSA) is 76.1 Å². The van der Waals surface area contributed by atoms with Crippen LogP contribution in [0.5, 0.6) is 5.75 Å². The fourth-order valence-corrected chi connectivity index (χ4v) is 4.49. The zero-order valence-electron chi connectivity index (χ0n) is 13.4. The van der Waals surface area contributed by atoms with E-state index in [2.05, 4.69) is 20.8 Å². The number of benzene rings is 1. The van der Waals surface area contributed by atoms with Gasteiger partial charge >= 0.3 is 0 Å². The Morgan fingerprint density at radius 2 is 2.25 bits per heavy atom. The first kappa shape index (κ1) is 17.0. The second-order valence-electron chi connectivity index (χ2n) is 5.32. The molecule has 2 aromatic rings. The molecule has 1 saturated heterocycles. The third kappa shape index (κ3) is 4.39. The normalized spacial score (nSPS) is 17.9. The first-order valence-electron chi connectivity index (χ1n) is 8.03. The molecular weight excluding hydrogens is 344 g/mol. The van der Waals surface area contributed by atoms with E-state index in [4.69, 9.17) is 4.74 Å². The number of hydrogen-bond acceptors (Lipinski definition) is 7. The fraction of sp³-hybridized carbons (Fsp3) is 0.438. The molecule has 1 fully saturated rings. The number of nitrogens with zero attached hydrogens (tertiary/aromatic N) is 2. The number of amides is 1. The van der Waals surface area contributed by atoms with E-state index in [1.165, 1.54) is 23.1 Å². The van der Waals surface area contributed by atoms with E-state index in [-0.39, 0.29) is 11.2 Å². The predicted octanol–water partition coefficient (Wildman–Crippen LogP) is 3.44. The number of aromatic nitrogens is 2. The van der Waals surface area contributed by atoms with Crippen LogP contribution in [0.25, 0.3) is 0 Å². The lowest BCUT2D eigenvalue weighted by molar-refractivity contribution is -0.120. The summed E-state index contributed by atoms with van der Waals surface area (Å²) in [6, 6.07) is 7.73. The van der Waals surface area contributed by atoms with E-state index in [1.807, 2.05) is 31.2 Å². The van der Waals surface area contributed by atoms with Gasteiger partial charge in [-0.3, -0.25) is 4.79 Å².